The van der Waals surface area contributed by atoms with Gasteiger partial charge in [0.05, 0.1) is 28.2 Å². The van der Waals surface area contributed by atoms with Gasteiger partial charge in [0.15, 0.2) is 5.82 Å². The van der Waals surface area contributed by atoms with Gasteiger partial charge in [0.2, 0.25) is 5.91 Å². The van der Waals surface area contributed by atoms with E-state index in [-0.39, 0.29) is 11.5 Å². The van der Waals surface area contributed by atoms with Gasteiger partial charge in [-0.3, -0.25) is 14.4 Å². The van der Waals surface area contributed by atoms with Crippen molar-refractivity contribution in [2.24, 2.45) is 0 Å². The molecule has 1 aromatic carbocycles. The Morgan fingerprint density at radius 1 is 1.21 bits per heavy atom. The smallest absolute Gasteiger partial charge is 0.264 e. The first kappa shape index (κ1) is 19.3. The zero-order chi connectivity index (χ0) is 20.3. The molecule has 0 atom stereocenters. The molecule has 2 amide bonds. The van der Waals surface area contributed by atoms with Gasteiger partial charge in [-0.15, -0.1) is 0 Å². The third kappa shape index (κ3) is 4.09. The number of amides is 2. The molecule has 0 fully saturated rings. The van der Waals surface area contributed by atoms with E-state index in [4.69, 9.17) is 11.6 Å². The summed E-state index contributed by atoms with van der Waals surface area (Å²) in [5, 5.41) is 16.1. The molecule has 0 aliphatic rings. The van der Waals surface area contributed by atoms with E-state index >= 15 is 0 Å². The SMILES string of the molecule is CCC(=O)Nc1ccc(Cl)c(NC(=O)c2cnn(-c3ccc(=O)[nH]n3)c2C)c1. The number of carbonyl (C=O) groups is 2. The highest BCUT2D eigenvalue weighted by Gasteiger charge is 2.17. The summed E-state index contributed by atoms with van der Waals surface area (Å²) in [7, 11) is 0. The van der Waals surface area contributed by atoms with Crippen molar-refractivity contribution < 1.29 is 9.59 Å². The Morgan fingerprint density at radius 2 is 2.00 bits per heavy atom. The van der Waals surface area contributed by atoms with Gasteiger partial charge >= 0.3 is 0 Å². The summed E-state index contributed by atoms with van der Waals surface area (Å²) in [6.45, 7) is 3.44. The zero-order valence-corrected chi connectivity index (χ0v) is 15.9. The normalized spacial score (nSPS) is 10.5. The van der Waals surface area contributed by atoms with Crippen LogP contribution in [0.2, 0.25) is 5.02 Å². The molecule has 10 heteroatoms. The highest BCUT2D eigenvalue weighted by molar-refractivity contribution is 6.34. The van der Waals surface area contributed by atoms with Crippen molar-refractivity contribution in [3.05, 3.63) is 63.2 Å². The average molecular weight is 401 g/mol. The first-order valence-electron chi connectivity index (χ1n) is 8.40. The lowest BCUT2D eigenvalue weighted by atomic mass is 10.2. The van der Waals surface area contributed by atoms with Crippen LogP contribution in [0.5, 0.6) is 0 Å². The topological polar surface area (TPSA) is 122 Å². The quantitative estimate of drug-likeness (QED) is 0.607. The van der Waals surface area contributed by atoms with E-state index in [2.05, 4.69) is 25.9 Å². The molecular weight excluding hydrogens is 384 g/mol. The summed E-state index contributed by atoms with van der Waals surface area (Å²) in [5.74, 6) is -0.197. The van der Waals surface area contributed by atoms with Crippen LogP contribution in [0, 0.1) is 6.92 Å². The highest BCUT2D eigenvalue weighted by Crippen LogP contribution is 2.26. The molecule has 0 saturated carbocycles. The van der Waals surface area contributed by atoms with E-state index < -0.39 is 5.91 Å². The van der Waals surface area contributed by atoms with Gasteiger partial charge in [-0.05, 0) is 31.2 Å². The van der Waals surface area contributed by atoms with Crippen LogP contribution in [-0.4, -0.2) is 31.8 Å². The summed E-state index contributed by atoms with van der Waals surface area (Å²) in [5.41, 5.74) is 1.39. The molecule has 3 aromatic rings. The van der Waals surface area contributed by atoms with Gasteiger partial charge < -0.3 is 10.6 Å². The Kier molecular flexibility index (Phi) is 5.55. The third-order valence-electron chi connectivity index (χ3n) is 3.96. The number of anilines is 2. The van der Waals surface area contributed by atoms with E-state index in [9.17, 15) is 14.4 Å². The van der Waals surface area contributed by atoms with Crippen molar-refractivity contribution in [2.75, 3.05) is 10.6 Å². The second-order valence-electron chi connectivity index (χ2n) is 5.89. The maximum Gasteiger partial charge on any atom is 0.264 e. The molecule has 0 aliphatic carbocycles. The van der Waals surface area contributed by atoms with Crippen LogP contribution in [0.15, 0.2) is 41.3 Å². The lowest BCUT2D eigenvalue weighted by Gasteiger charge is -2.10. The highest BCUT2D eigenvalue weighted by atomic mass is 35.5. The largest absolute Gasteiger partial charge is 0.326 e. The van der Waals surface area contributed by atoms with Gasteiger partial charge in [-0.25, -0.2) is 9.78 Å². The molecule has 0 bridgehead atoms. The van der Waals surface area contributed by atoms with Crippen LogP contribution in [0.3, 0.4) is 0 Å². The molecule has 0 unspecified atom stereocenters. The molecule has 2 heterocycles. The number of H-pyrrole nitrogens is 1. The van der Waals surface area contributed by atoms with Crippen LogP contribution in [0.25, 0.3) is 5.82 Å². The standard InChI is InChI=1S/C18H17ClN6O3/c1-3-16(26)21-11-4-5-13(19)14(8-11)22-18(28)12-9-20-25(10(12)2)15-6-7-17(27)24-23-15/h4-9H,3H2,1-2H3,(H,21,26)(H,22,28)(H,24,27). The van der Waals surface area contributed by atoms with E-state index in [0.717, 1.165) is 0 Å². The van der Waals surface area contributed by atoms with Crippen molar-refractivity contribution in [3.63, 3.8) is 0 Å². The number of nitrogens with zero attached hydrogens (tertiary/aromatic N) is 3. The molecule has 28 heavy (non-hydrogen) atoms. The fourth-order valence-electron chi connectivity index (χ4n) is 2.46. The number of halogens is 1. The maximum absolute atomic E-state index is 12.7. The molecule has 0 saturated heterocycles. The van der Waals surface area contributed by atoms with Gasteiger partial charge in [0.1, 0.15) is 0 Å². The van der Waals surface area contributed by atoms with Crippen LogP contribution < -0.4 is 16.2 Å². The number of hydrogen-bond acceptors (Lipinski definition) is 5. The summed E-state index contributed by atoms with van der Waals surface area (Å²) >= 11 is 6.16. The number of hydrogen-bond donors (Lipinski definition) is 3. The van der Waals surface area contributed by atoms with Gasteiger partial charge in [0.25, 0.3) is 11.5 Å². The van der Waals surface area contributed by atoms with E-state index in [0.29, 0.717) is 39.9 Å². The van der Waals surface area contributed by atoms with Gasteiger partial charge in [-0.1, -0.05) is 18.5 Å². The van der Waals surface area contributed by atoms with E-state index in [1.54, 1.807) is 32.0 Å². The zero-order valence-electron chi connectivity index (χ0n) is 15.1. The monoisotopic (exact) mass is 400 g/mol. The lowest BCUT2D eigenvalue weighted by molar-refractivity contribution is -0.115. The molecule has 9 nitrogen and oxygen atoms in total. The Labute approximate surface area is 164 Å². The van der Waals surface area contributed by atoms with Crippen LogP contribution in [0.4, 0.5) is 11.4 Å². The number of aromatic nitrogens is 4. The minimum Gasteiger partial charge on any atom is -0.326 e. The number of aromatic amines is 1. The Morgan fingerprint density at radius 3 is 2.68 bits per heavy atom. The molecule has 144 valence electrons. The summed E-state index contributed by atoms with van der Waals surface area (Å²) in [6.07, 6.45) is 1.73. The Hall–Kier alpha value is -3.46. The van der Waals surface area contributed by atoms with Crippen LogP contribution >= 0.6 is 11.6 Å². The minimum absolute atomic E-state index is 0.148. The number of nitrogens with one attached hydrogen (secondary N) is 3. The first-order chi connectivity index (χ1) is 13.4. The number of rotatable bonds is 5. The summed E-state index contributed by atoms with van der Waals surface area (Å²) in [4.78, 5) is 35.4. The molecule has 3 rings (SSSR count). The summed E-state index contributed by atoms with van der Waals surface area (Å²) < 4.78 is 1.43. The Bertz CT molecular complexity index is 1080. The molecule has 0 spiro atoms. The first-order valence-corrected chi connectivity index (χ1v) is 8.78. The fourth-order valence-corrected chi connectivity index (χ4v) is 2.62. The van der Waals surface area contributed by atoms with Gasteiger partial charge in [0, 0.05) is 18.2 Å². The molecule has 0 radical (unpaired) electrons. The lowest BCUT2D eigenvalue weighted by Crippen LogP contribution is -2.15. The number of carbonyl (C=O) groups excluding carboxylic acids is 2. The van der Waals surface area contributed by atoms with Crippen molar-refractivity contribution in [1.29, 1.82) is 0 Å². The predicted octanol–water partition coefficient (Wildman–Crippen LogP) is 2.52. The molecule has 0 aliphatic heterocycles. The molecular formula is C18H17ClN6O3. The van der Waals surface area contributed by atoms with Crippen LogP contribution in [0.1, 0.15) is 29.4 Å². The molecule has 2 aromatic heterocycles. The van der Waals surface area contributed by atoms with Crippen molar-refractivity contribution in [1.82, 2.24) is 20.0 Å². The van der Waals surface area contributed by atoms with E-state index in [1.807, 2.05) is 0 Å². The molecule has 3 N–H and O–H groups in total. The van der Waals surface area contributed by atoms with Gasteiger partial charge in [-0.2, -0.15) is 10.2 Å². The van der Waals surface area contributed by atoms with Crippen molar-refractivity contribution in [2.45, 2.75) is 20.3 Å². The average Bonchev–Trinajstić information content (AvgIpc) is 3.06. The maximum atomic E-state index is 12.7. The van der Waals surface area contributed by atoms with Crippen molar-refractivity contribution in [3.8, 4) is 5.82 Å². The second-order valence-corrected chi connectivity index (χ2v) is 6.29. The predicted molar refractivity (Wildman–Crippen MR) is 105 cm³/mol. The second kappa shape index (κ2) is 8.05. The number of benzene rings is 1. The van der Waals surface area contributed by atoms with Crippen LogP contribution in [-0.2, 0) is 4.79 Å². The Balaban J connectivity index is 1.84. The van der Waals surface area contributed by atoms with E-state index in [1.165, 1.54) is 23.0 Å². The summed E-state index contributed by atoms with van der Waals surface area (Å²) in [6, 6.07) is 7.63. The fraction of sp³-hybridized carbons (Fsp3) is 0.167. The van der Waals surface area contributed by atoms with Crippen molar-refractivity contribution >= 4 is 34.8 Å². The minimum atomic E-state index is -0.422. The third-order valence-corrected chi connectivity index (χ3v) is 4.28.